The average Bonchev–Trinajstić information content (AvgIpc) is 3.13. The zero-order valence-corrected chi connectivity index (χ0v) is 33.9. The van der Waals surface area contributed by atoms with Gasteiger partial charge in [-0.2, -0.15) is 0 Å². The molecule has 0 saturated heterocycles. The van der Waals surface area contributed by atoms with Gasteiger partial charge < -0.3 is 14.2 Å². The number of unbranched alkanes of at least 4 members (excludes halogenated alkanes) is 24. The van der Waals surface area contributed by atoms with Gasteiger partial charge in [0.1, 0.15) is 13.2 Å². The van der Waals surface area contributed by atoms with E-state index in [9.17, 15) is 14.4 Å². The largest absolute Gasteiger partial charge is 0.462 e. The molecule has 0 aromatic heterocycles. The molecular weight excluding hydrogens is 636 g/mol. The third-order valence-corrected chi connectivity index (χ3v) is 9.43. The maximum absolute atomic E-state index is 12.6. The Morgan fingerprint density at radius 2 is 0.647 bits per heavy atom. The fourth-order valence-corrected chi connectivity index (χ4v) is 6.08. The molecule has 0 saturated carbocycles. The molecule has 0 aliphatic heterocycles. The second-order valence-electron chi connectivity index (χ2n) is 14.6. The smallest absolute Gasteiger partial charge is 0.306 e. The van der Waals surface area contributed by atoms with Crippen molar-refractivity contribution in [3.05, 3.63) is 24.3 Å². The summed E-state index contributed by atoms with van der Waals surface area (Å²) < 4.78 is 16.6. The summed E-state index contributed by atoms with van der Waals surface area (Å²) in [6.45, 7) is 6.53. The normalized spacial score (nSPS) is 12.1. The third kappa shape index (κ3) is 38.9. The number of carbonyl (C=O) groups excluding carboxylic acids is 3. The Balaban J connectivity index is 4.30. The van der Waals surface area contributed by atoms with Gasteiger partial charge in [-0.05, 0) is 70.6 Å². The molecule has 1 unspecified atom stereocenters. The Bertz CT molecular complexity index is 835. The molecule has 0 rings (SSSR count). The van der Waals surface area contributed by atoms with Gasteiger partial charge in [0.2, 0.25) is 0 Å². The first-order chi connectivity index (χ1) is 25.0. The fraction of sp³-hybridized carbons (Fsp3) is 0.844. The number of rotatable bonds is 39. The molecule has 0 aromatic carbocycles. The highest BCUT2D eigenvalue weighted by molar-refractivity contribution is 5.71. The molecule has 51 heavy (non-hydrogen) atoms. The van der Waals surface area contributed by atoms with Crippen molar-refractivity contribution in [2.45, 2.75) is 232 Å². The second-order valence-corrected chi connectivity index (χ2v) is 14.6. The Morgan fingerprint density at radius 1 is 0.373 bits per heavy atom. The second kappa shape index (κ2) is 40.7. The van der Waals surface area contributed by atoms with Crippen LogP contribution in [0.15, 0.2) is 24.3 Å². The molecule has 0 heterocycles. The van der Waals surface area contributed by atoms with E-state index in [1.807, 2.05) is 0 Å². The molecule has 0 spiro atoms. The van der Waals surface area contributed by atoms with Crippen LogP contribution in [0.1, 0.15) is 226 Å². The molecular formula is C45H82O6. The van der Waals surface area contributed by atoms with E-state index in [0.29, 0.717) is 19.3 Å². The van der Waals surface area contributed by atoms with Gasteiger partial charge in [0.05, 0.1) is 0 Å². The van der Waals surface area contributed by atoms with E-state index in [0.717, 1.165) is 70.6 Å². The molecule has 0 aliphatic carbocycles. The quantitative estimate of drug-likeness (QED) is 0.0272. The van der Waals surface area contributed by atoms with E-state index < -0.39 is 6.10 Å². The van der Waals surface area contributed by atoms with Crippen LogP contribution in [0.25, 0.3) is 0 Å². The first-order valence-corrected chi connectivity index (χ1v) is 21.8. The topological polar surface area (TPSA) is 78.9 Å². The van der Waals surface area contributed by atoms with Gasteiger partial charge in [0.15, 0.2) is 6.10 Å². The zero-order chi connectivity index (χ0) is 37.3. The fourth-order valence-electron chi connectivity index (χ4n) is 6.08. The zero-order valence-electron chi connectivity index (χ0n) is 33.9. The van der Waals surface area contributed by atoms with Crippen molar-refractivity contribution in [1.29, 1.82) is 0 Å². The van der Waals surface area contributed by atoms with E-state index in [-0.39, 0.29) is 31.1 Å². The van der Waals surface area contributed by atoms with E-state index in [1.165, 1.54) is 116 Å². The van der Waals surface area contributed by atoms with Gasteiger partial charge in [-0.25, -0.2) is 0 Å². The predicted octanol–water partition coefficient (Wildman–Crippen LogP) is 13.6. The Kier molecular flexibility index (Phi) is 39.0. The lowest BCUT2D eigenvalue weighted by Crippen LogP contribution is -2.30. The molecule has 6 nitrogen and oxygen atoms in total. The van der Waals surface area contributed by atoms with Gasteiger partial charge in [-0.15, -0.1) is 0 Å². The summed E-state index contributed by atoms with van der Waals surface area (Å²) in [7, 11) is 0. The number of hydrogen-bond donors (Lipinski definition) is 0. The van der Waals surface area contributed by atoms with Crippen molar-refractivity contribution >= 4 is 17.9 Å². The highest BCUT2D eigenvalue weighted by Crippen LogP contribution is 2.13. The van der Waals surface area contributed by atoms with Crippen LogP contribution in [0.3, 0.4) is 0 Å². The molecule has 0 amide bonds. The minimum Gasteiger partial charge on any atom is -0.462 e. The van der Waals surface area contributed by atoms with Gasteiger partial charge in [0, 0.05) is 19.3 Å². The van der Waals surface area contributed by atoms with Gasteiger partial charge in [-0.1, -0.05) is 161 Å². The number of carbonyl (C=O) groups is 3. The molecule has 0 N–H and O–H groups in total. The third-order valence-electron chi connectivity index (χ3n) is 9.43. The van der Waals surface area contributed by atoms with Crippen LogP contribution in [0.2, 0.25) is 0 Å². The monoisotopic (exact) mass is 719 g/mol. The summed E-state index contributed by atoms with van der Waals surface area (Å²) in [5.74, 6) is -0.902. The molecule has 0 fully saturated rings. The summed E-state index contributed by atoms with van der Waals surface area (Å²) in [5, 5.41) is 0. The van der Waals surface area contributed by atoms with Crippen molar-refractivity contribution in [2.75, 3.05) is 13.2 Å². The minimum atomic E-state index is -0.770. The SMILES string of the molecule is CCCCCC/C=C\CCCCCCCC(=O)OC(COC(=O)CCCCCCCC)COC(=O)CCCCCCC/C=C\CCCCCCC. The molecule has 1 atom stereocenters. The van der Waals surface area contributed by atoms with Gasteiger partial charge >= 0.3 is 17.9 Å². The van der Waals surface area contributed by atoms with Gasteiger partial charge in [0.25, 0.3) is 0 Å². The lowest BCUT2D eigenvalue weighted by Gasteiger charge is -2.18. The van der Waals surface area contributed by atoms with E-state index in [2.05, 4.69) is 45.1 Å². The van der Waals surface area contributed by atoms with Crippen molar-refractivity contribution in [3.8, 4) is 0 Å². The Hall–Kier alpha value is -2.11. The first-order valence-electron chi connectivity index (χ1n) is 21.8. The molecule has 0 radical (unpaired) electrons. The van der Waals surface area contributed by atoms with Crippen LogP contribution in [0.4, 0.5) is 0 Å². The van der Waals surface area contributed by atoms with Crippen LogP contribution in [0.5, 0.6) is 0 Å². The number of esters is 3. The molecule has 0 aromatic rings. The van der Waals surface area contributed by atoms with Crippen LogP contribution in [0, 0.1) is 0 Å². The lowest BCUT2D eigenvalue weighted by atomic mass is 10.1. The van der Waals surface area contributed by atoms with Crippen molar-refractivity contribution in [2.24, 2.45) is 0 Å². The van der Waals surface area contributed by atoms with Crippen LogP contribution < -0.4 is 0 Å². The lowest BCUT2D eigenvalue weighted by molar-refractivity contribution is -0.167. The van der Waals surface area contributed by atoms with Gasteiger partial charge in [-0.3, -0.25) is 14.4 Å². The summed E-state index contributed by atoms with van der Waals surface area (Å²) in [4.78, 5) is 37.5. The molecule has 6 heteroatoms. The van der Waals surface area contributed by atoms with E-state index in [4.69, 9.17) is 14.2 Å². The number of allylic oxidation sites excluding steroid dienone is 4. The average molecular weight is 719 g/mol. The summed E-state index contributed by atoms with van der Waals surface area (Å²) in [6, 6.07) is 0. The molecule has 0 aliphatic rings. The highest BCUT2D eigenvalue weighted by Gasteiger charge is 2.19. The molecule has 298 valence electrons. The van der Waals surface area contributed by atoms with Crippen molar-refractivity contribution < 1.29 is 28.6 Å². The number of hydrogen-bond acceptors (Lipinski definition) is 6. The minimum absolute atomic E-state index is 0.0763. The maximum atomic E-state index is 12.6. The van der Waals surface area contributed by atoms with Crippen molar-refractivity contribution in [1.82, 2.24) is 0 Å². The number of ether oxygens (including phenoxy) is 3. The van der Waals surface area contributed by atoms with Crippen LogP contribution in [-0.2, 0) is 28.6 Å². The predicted molar refractivity (Wildman–Crippen MR) is 215 cm³/mol. The summed E-state index contributed by atoms with van der Waals surface area (Å²) in [5.41, 5.74) is 0. The Morgan fingerprint density at radius 3 is 1.00 bits per heavy atom. The van der Waals surface area contributed by atoms with E-state index in [1.54, 1.807) is 0 Å². The first kappa shape index (κ1) is 48.9. The highest BCUT2D eigenvalue weighted by atomic mass is 16.6. The van der Waals surface area contributed by atoms with Crippen LogP contribution in [-0.4, -0.2) is 37.2 Å². The molecule has 0 bridgehead atoms. The summed E-state index contributed by atoms with van der Waals surface area (Å²) >= 11 is 0. The summed E-state index contributed by atoms with van der Waals surface area (Å²) in [6.07, 6.45) is 43.2. The Labute approximate surface area is 315 Å². The maximum Gasteiger partial charge on any atom is 0.306 e. The van der Waals surface area contributed by atoms with Crippen LogP contribution >= 0.6 is 0 Å². The van der Waals surface area contributed by atoms with Crippen molar-refractivity contribution in [3.63, 3.8) is 0 Å². The van der Waals surface area contributed by atoms with E-state index >= 15 is 0 Å². The standard InChI is InChI=1S/C45H82O6/c1-4-7-10-13-16-18-20-22-24-25-27-29-32-35-38-44(47)50-41-42(40-49-43(46)37-34-31-15-12-9-6-3)51-45(48)39-36-33-30-28-26-23-21-19-17-14-11-8-5-2/h19-22,42H,4-18,23-41H2,1-3H3/b21-19-,22-20-.